The lowest BCUT2D eigenvalue weighted by Crippen LogP contribution is -1.92. The predicted octanol–water partition coefficient (Wildman–Crippen LogP) is 18.4. The van der Waals surface area contributed by atoms with Crippen LogP contribution in [0.3, 0.4) is 0 Å². The zero-order valence-corrected chi connectivity index (χ0v) is 42.4. The SMILES string of the molecule is c1ccc(-c2c3ccccc3c(-c3ccccn3)c3ccccc23)nc1.c1ccc(-c2c3ccccc3c(-c3cccnc3)c3ccccc23)nc1.c1cncc(-c2c3ccccc3c(-c3cccnc3)c3ccccc23)c1. The van der Waals surface area contributed by atoms with Crippen molar-refractivity contribution in [2.24, 2.45) is 0 Å². The summed E-state index contributed by atoms with van der Waals surface area (Å²) in [5.41, 5.74) is 13.6. The van der Waals surface area contributed by atoms with Crippen LogP contribution in [0.1, 0.15) is 0 Å². The minimum atomic E-state index is 0.993. The minimum absolute atomic E-state index is 0.993. The van der Waals surface area contributed by atoms with Crippen molar-refractivity contribution in [3.8, 4) is 67.2 Å². The summed E-state index contributed by atoms with van der Waals surface area (Å²) in [6, 6.07) is 82.0. The highest BCUT2D eigenvalue weighted by atomic mass is 14.7. The first-order chi connectivity index (χ1) is 38.8. The molecule has 0 radical (unpaired) electrons. The molecule has 0 saturated carbocycles. The maximum atomic E-state index is 4.64. The van der Waals surface area contributed by atoms with Crippen molar-refractivity contribution >= 4 is 64.6 Å². The maximum Gasteiger partial charge on any atom is 0.0714 e. The molecule has 0 aliphatic heterocycles. The highest BCUT2D eigenvalue weighted by Gasteiger charge is 2.20. The van der Waals surface area contributed by atoms with E-state index in [4.69, 9.17) is 0 Å². The van der Waals surface area contributed by atoms with Crippen LogP contribution in [-0.4, -0.2) is 29.9 Å². The molecule has 15 rings (SSSR count). The van der Waals surface area contributed by atoms with Gasteiger partial charge in [0.1, 0.15) is 0 Å². The van der Waals surface area contributed by atoms with Crippen LogP contribution >= 0.6 is 0 Å². The van der Waals surface area contributed by atoms with E-state index < -0.39 is 0 Å². The van der Waals surface area contributed by atoms with Crippen LogP contribution < -0.4 is 0 Å². The second kappa shape index (κ2) is 21.4. The Labute approximate surface area is 451 Å². The van der Waals surface area contributed by atoms with Crippen molar-refractivity contribution in [1.82, 2.24) is 29.9 Å². The molecular formula is C72H48N6. The zero-order chi connectivity index (χ0) is 52.0. The van der Waals surface area contributed by atoms with Crippen LogP contribution in [0.4, 0.5) is 0 Å². The lowest BCUT2D eigenvalue weighted by molar-refractivity contribution is 1.33. The number of fused-ring (bicyclic) bond motifs is 6. The molecule has 0 unspecified atom stereocenters. The topological polar surface area (TPSA) is 77.3 Å². The Morgan fingerprint density at radius 1 is 0.167 bits per heavy atom. The Morgan fingerprint density at radius 2 is 0.372 bits per heavy atom. The lowest BCUT2D eigenvalue weighted by Gasteiger charge is -2.17. The van der Waals surface area contributed by atoms with Gasteiger partial charge in [0.05, 0.1) is 17.1 Å². The number of benzene rings is 9. The van der Waals surface area contributed by atoms with Crippen molar-refractivity contribution in [3.05, 3.63) is 292 Å². The van der Waals surface area contributed by atoms with Gasteiger partial charge in [0.15, 0.2) is 0 Å². The third-order valence-electron chi connectivity index (χ3n) is 14.4. The van der Waals surface area contributed by atoms with E-state index >= 15 is 0 Å². The largest absolute Gasteiger partial charge is 0.264 e. The Morgan fingerprint density at radius 3 is 0.551 bits per heavy atom. The molecule has 0 aliphatic rings. The Bertz CT molecular complexity index is 3650. The van der Waals surface area contributed by atoms with Gasteiger partial charge in [-0.05, 0) is 136 Å². The molecule has 6 nitrogen and oxygen atoms in total. The van der Waals surface area contributed by atoms with Crippen LogP contribution in [0, 0.1) is 0 Å². The molecule has 6 heteroatoms. The van der Waals surface area contributed by atoms with Gasteiger partial charge in [0, 0.05) is 89.2 Å². The quantitative estimate of drug-likeness (QED) is 0.155. The van der Waals surface area contributed by atoms with Gasteiger partial charge in [-0.1, -0.05) is 182 Å². The number of nitrogens with zero attached hydrogens (tertiary/aromatic N) is 6. The molecule has 0 N–H and O–H groups in total. The summed E-state index contributed by atoms with van der Waals surface area (Å²) < 4.78 is 0. The molecule has 6 aromatic heterocycles. The Balaban J connectivity index is 0.000000111. The van der Waals surface area contributed by atoms with E-state index in [1.165, 1.54) is 98.0 Å². The number of rotatable bonds is 6. The summed E-state index contributed by atoms with van der Waals surface area (Å²) in [5, 5.41) is 14.6. The van der Waals surface area contributed by atoms with Crippen LogP contribution in [-0.2, 0) is 0 Å². The highest BCUT2D eigenvalue weighted by molar-refractivity contribution is 6.23. The van der Waals surface area contributed by atoms with Crippen LogP contribution in [0.15, 0.2) is 292 Å². The first kappa shape index (κ1) is 47.2. The summed E-state index contributed by atoms with van der Waals surface area (Å²) in [6.07, 6.45) is 16.8. The molecule has 15 aromatic rings. The molecule has 0 atom stereocenters. The molecular weight excluding hydrogens is 949 g/mol. The molecule has 0 bridgehead atoms. The fraction of sp³-hybridized carbons (Fsp3) is 0. The first-order valence-electron chi connectivity index (χ1n) is 26.1. The molecule has 0 saturated heterocycles. The third-order valence-corrected chi connectivity index (χ3v) is 14.4. The average molecular weight is 997 g/mol. The van der Waals surface area contributed by atoms with Gasteiger partial charge in [-0.15, -0.1) is 0 Å². The van der Waals surface area contributed by atoms with E-state index in [1.54, 1.807) is 0 Å². The second-order valence-corrected chi connectivity index (χ2v) is 18.9. The Kier molecular flexibility index (Phi) is 12.9. The van der Waals surface area contributed by atoms with E-state index in [1.807, 2.05) is 110 Å². The molecule has 78 heavy (non-hydrogen) atoms. The van der Waals surface area contributed by atoms with Gasteiger partial charge in [-0.25, -0.2) is 0 Å². The van der Waals surface area contributed by atoms with Gasteiger partial charge in [0.2, 0.25) is 0 Å². The van der Waals surface area contributed by atoms with E-state index in [0.29, 0.717) is 0 Å². The fourth-order valence-corrected chi connectivity index (χ4v) is 11.2. The zero-order valence-electron chi connectivity index (χ0n) is 42.4. The molecule has 9 aromatic carbocycles. The molecule has 0 amide bonds. The molecule has 6 heterocycles. The standard InChI is InChI=1S/3C24H16N2/c1-3-11-20-18(9-1)23(17-8-7-14-25-16-17)19-10-2-4-12-21(19)24(20)22-13-5-6-15-26-22;1-2-10-20-19(9-1)23(17-7-5-13-25-15-17)21-11-3-4-12-22(21)24(20)18-8-6-14-26-16-18;1-2-10-18-17(9-1)23(21-13-5-7-15-25-21)19-11-3-4-12-20(19)24(18)22-14-6-8-16-26-22/h3*1-16H. The number of aromatic nitrogens is 6. The van der Waals surface area contributed by atoms with Gasteiger partial charge >= 0.3 is 0 Å². The van der Waals surface area contributed by atoms with Crippen molar-refractivity contribution < 1.29 is 0 Å². The summed E-state index contributed by atoms with van der Waals surface area (Å²) in [6.45, 7) is 0. The first-order valence-corrected chi connectivity index (χ1v) is 26.1. The van der Waals surface area contributed by atoms with Crippen LogP contribution in [0.2, 0.25) is 0 Å². The smallest absolute Gasteiger partial charge is 0.0714 e. The maximum absolute atomic E-state index is 4.64. The van der Waals surface area contributed by atoms with E-state index in [0.717, 1.165) is 33.8 Å². The minimum Gasteiger partial charge on any atom is -0.264 e. The van der Waals surface area contributed by atoms with Gasteiger partial charge in [0.25, 0.3) is 0 Å². The predicted molar refractivity (Wildman–Crippen MR) is 324 cm³/mol. The Hall–Kier alpha value is -10.6. The summed E-state index contributed by atoms with van der Waals surface area (Å²) in [7, 11) is 0. The van der Waals surface area contributed by atoms with Crippen molar-refractivity contribution in [3.63, 3.8) is 0 Å². The van der Waals surface area contributed by atoms with E-state index in [2.05, 4.69) is 212 Å². The summed E-state index contributed by atoms with van der Waals surface area (Å²) >= 11 is 0. The van der Waals surface area contributed by atoms with Crippen molar-refractivity contribution in [2.45, 2.75) is 0 Å². The number of pyridine rings is 6. The lowest BCUT2D eigenvalue weighted by atomic mass is 9.87. The average Bonchev–Trinajstić information content (AvgIpc) is 3.58. The molecule has 0 fully saturated rings. The van der Waals surface area contributed by atoms with Crippen molar-refractivity contribution in [1.29, 1.82) is 0 Å². The fourth-order valence-electron chi connectivity index (χ4n) is 11.2. The summed E-state index contributed by atoms with van der Waals surface area (Å²) in [4.78, 5) is 26.9. The van der Waals surface area contributed by atoms with Gasteiger partial charge < -0.3 is 0 Å². The third kappa shape index (κ3) is 8.83. The van der Waals surface area contributed by atoms with Gasteiger partial charge in [-0.2, -0.15) is 0 Å². The molecule has 0 aliphatic carbocycles. The second-order valence-electron chi connectivity index (χ2n) is 18.9. The highest BCUT2D eigenvalue weighted by Crippen LogP contribution is 2.46. The van der Waals surface area contributed by atoms with Gasteiger partial charge in [-0.3, -0.25) is 29.9 Å². The van der Waals surface area contributed by atoms with Crippen molar-refractivity contribution in [2.75, 3.05) is 0 Å². The summed E-state index contributed by atoms with van der Waals surface area (Å²) in [5.74, 6) is 0. The van der Waals surface area contributed by atoms with E-state index in [-0.39, 0.29) is 0 Å². The van der Waals surface area contributed by atoms with Crippen LogP contribution in [0.25, 0.3) is 132 Å². The number of hydrogen-bond donors (Lipinski definition) is 0. The molecule has 0 spiro atoms. The normalized spacial score (nSPS) is 11.1. The van der Waals surface area contributed by atoms with E-state index in [9.17, 15) is 0 Å². The molecule has 366 valence electrons. The van der Waals surface area contributed by atoms with Crippen LogP contribution in [0.5, 0.6) is 0 Å². The monoisotopic (exact) mass is 996 g/mol. The number of hydrogen-bond acceptors (Lipinski definition) is 6.